The molecule has 0 fully saturated rings. The van der Waals surface area contributed by atoms with E-state index < -0.39 is 0 Å². The summed E-state index contributed by atoms with van der Waals surface area (Å²) in [7, 11) is 0. The lowest BCUT2D eigenvalue weighted by Crippen LogP contribution is -2.20. The molecule has 3 aromatic rings. The van der Waals surface area contributed by atoms with Crippen LogP contribution in [0.1, 0.15) is 67.7 Å². The zero-order chi connectivity index (χ0) is 22.9. The number of allylic oxidation sites excluding steroid dienone is 1. The second-order valence-corrected chi connectivity index (χ2v) is 11.2. The first kappa shape index (κ1) is 23.5. The maximum absolute atomic E-state index is 3.85. The Hall–Kier alpha value is -1.64. The monoisotopic (exact) mass is 550 g/mol. The van der Waals surface area contributed by atoms with Crippen molar-refractivity contribution >= 4 is 31.9 Å². The van der Waals surface area contributed by atoms with Crippen LogP contribution < -0.4 is 0 Å². The number of fused-ring (bicyclic) bond motifs is 3. The number of benzene rings is 3. The Balaban J connectivity index is 1.73. The van der Waals surface area contributed by atoms with Gasteiger partial charge in [-0.25, -0.2) is 0 Å². The molecular formula is C30H32Br2. The Kier molecular flexibility index (Phi) is 7.12. The zero-order valence-corrected chi connectivity index (χ0v) is 22.6. The quantitative estimate of drug-likeness (QED) is 0.193. The Morgan fingerprint density at radius 3 is 2.22 bits per heavy atom. The van der Waals surface area contributed by atoms with Gasteiger partial charge in [0.25, 0.3) is 0 Å². The van der Waals surface area contributed by atoms with Crippen LogP contribution in [0, 0.1) is 13.8 Å². The van der Waals surface area contributed by atoms with E-state index in [1.165, 1.54) is 85.6 Å². The van der Waals surface area contributed by atoms with Gasteiger partial charge in [-0.1, -0.05) is 88.4 Å². The summed E-state index contributed by atoms with van der Waals surface area (Å²) in [5, 5.41) is 0. The number of hydrogen-bond donors (Lipinski definition) is 0. The summed E-state index contributed by atoms with van der Waals surface area (Å²) in [6, 6.07) is 18.5. The number of unbranched alkanes of at least 4 members (excludes halogenated alkanes) is 4. The SMILES string of the molecule is C=CCCCCCCC1(C)c2cc(Br)ccc2-c2ccc(-c3cc(C)c(Br)cc3C)cc21. The molecule has 0 heterocycles. The summed E-state index contributed by atoms with van der Waals surface area (Å²) in [6.45, 7) is 10.7. The number of aryl methyl sites for hydroxylation is 2. The fourth-order valence-corrected chi connectivity index (χ4v) is 6.06. The van der Waals surface area contributed by atoms with Gasteiger partial charge in [0.15, 0.2) is 0 Å². The first-order valence-corrected chi connectivity index (χ1v) is 13.3. The van der Waals surface area contributed by atoms with Crippen LogP contribution >= 0.6 is 31.9 Å². The van der Waals surface area contributed by atoms with Gasteiger partial charge >= 0.3 is 0 Å². The molecule has 32 heavy (non-hydrogen) atoms. The molecule has 0 amide bonds. The third kappa shape index (κ3) is 4.41. The van der Waals surface area contributed by atoms with Crippen molar-refractivity contribution in [3.05, 3.63) is 92.4 Å². The predicted octanol–water partition coefficient (Wildman–Crippen LogP) is 10.3. The van der Waals surface area contributed by atoms with Crippen molar-refractivity contribution in [2.45, 2.75) is 64.7 Å². The maximum atomic E-state index is 3.85. The van der Waals surface area contributed by atoms with E-state index in [0.29, 0.717) is 0 Å². The predicted molar refractivity (Wildman–Crippen MR) is 147 cm³/mol. The summed E-state index contributed by atoms with van der Waals surface area (Å²) < 4.78 is 2.35. The van der Waals surface area contributed by atoms with Crippen molar-refractivity contribution in [3.63, 3.8) is 0 Å². The van der Waals surface area contributed by atoms with Crippen LogP contribution in [0.25, 0.3) is 22.3 Å². The van der Waals surface area contributed by atoms with Gasteiger partial charge in [-0.2, -0.15) is 0 Å². The van der Waals surface area contributed by atoms with E-state index in [0.717, 1.165) is 6.42 Å². The van der Waals surface area contributed by atoms with E-state index in [1.54, 1.807) is 0 Å². The van der Waals surface area contributed by atoms with E-state index >= 15 is 0 Å². The molecule has 2 heteroatoms. The largest absolute Gasteiger partial charge is 0.103 e. The summed E-state index contributed by atoms with van der Waals surface area (Å²) in [6.07, 6.45) is 9.43. The van der Waals surface area contributed by atoms with Gasteiger partial charge in [-0.15, -0.1) is 6.58 Å². The minimum atomic E-state index is 0.0429. The first-order chi connectivity index (χ1) is 15.3. The smallest absolute Gasteiger partial charge is 0.0207 e. The van der Waals surface area contributed by atoms with Crippen LogP contribution in [0.15, 0.2) is 70.1 Å². The second kappa shape index (κ2) is 9.69. The van der Waals surface area contributed by atoms with E-state index in [4.69, 9.17) is 0 Å². The van der Waals surface area contributed by atoms with Crippen molar-refractivity contribution < 1.29 is 0 Å². The van der Waals surface area contributed by atoms with Crippen LogP contribution in [0.3, 0.4) is 0 Å². The van der Waals surface area contributed by atoms with Crippen LogP contribution in [0.4, 0.5) is 0 Å². The molecule has 0 nitrogen and oxygen atoms in total. The topological polar surface area (TPSA) is 0 Å². The normalized spacial score (nSPS) is 16.7. The van der Waals surface area contributed by atoms with Gasteiger partial charge in [0.05, 0.1) is 0 Å². The molecule has 166 valence electrons. The Morgan fingerprint density at radius 2 is 1.47 bits per heavy atom. The molecule has 3 aromatic carbocycles. The molecule has 1 atom stereocenters. The summed E-state index contributed by atoms with van der Waals surface area (Å²) in [4.78, 5) is 0. The third-order valence-corrected chi connectivity index (χ3v) is 8.48. The van der Waals surface area contributed by atoms with E-state index in [9.17, 15) is 0 Å². The summed E-state index contributed by atoms with van der Waals surface area (Å²) in [5.74, 6) is 0. The Bertz CT molecular complexity index is 1160. The Morgan fingerprint density at radius 1 is 0.781 bits per heavy atom. The van der Waals surface area contributed by atoms with Crippen LogP contribution in [-0.2, 0) is 5.41 Å². The average Bonchev–Trinajstić information content (AvgIpc) is 3.01. The molecule has 4 rings (SSSR count). The lowest BCUT2D eigenvalue weighted by molar-refractivity contribution is 0.484. The Labute approximate surface area is 210 Å². The van der Waals surface area contributed by atoms with Gasteiger partial charge in [-0.05, 0) is 102 Å². The van der Waals surface area contributed by atoms with Crippen LogP contribution in [-0.4, -0.2) is 0 Å². The van der Waals surface area contributed by atoms with Crippen molar-refractivity contribution in [2.75, 3.05) is 0 Å². The summed E-state index contributed by atoms with van der Waals surface area (Å²) >= 11 is 7.42. The molecule has 0 bridgehead atoms. The fraction of sp³-hybridized carbons (Fsp3) is 0.333. The van der Waals surface area contributed by atoms with Crippen molar-refractivity contribution in [2.24, 2.45) is 0 Å². The molecule has 1 aliphatic rings. The van der Waals surface area contributed by atoms with E-state index in [2.05, 4.69) is 108 Å². The number of rotatable bonds is 8. The molecule has 0 N–H and O–H groups in total. The van der Waals surface area contributed by atoms with E-state index in [1.807, 2.05) is 6.08 Å². The fourth-order valence-electron chi connectivity index (χ4n) is 5.24. The molecule has 1 unspecified atom stereocenters. The number of halogens is 2. The lowest BCUT2D eigenvalue weighted by atomic mass is 9.75. The molecule has 1 aliphatic carbocycles. The molecule has 0 aliphatic heterocycles. The molecule has 0 aromatic heterocycles. The molecule has 0 radical (unpaired) electrons. The standard InChI is InChI=1S/C30H32Br2/c1-5-6-7-8-9-10-15-30(4)27-18-22(26-16-21(3)29(32)17-20(26)2)11-13-24(27)25-14-12-23(31)19-28(25)30/h5,11-14,16-19H,1,6-10,15H2,2-4H3. The van der Waals surface area contributed by atoms with Crippen molar-refractivity contribution in [1.29, 1.82) is 0 Å². The highest BCUT2D eigenvalue weighted by molar-refractivity contribution is 9.10. The third-order valence-electron chi connectivity index (χ3n) is 7.13. The highest BCUT2D eigenvalue weighted by Gasteiger charge is 2.39. The minimum Gasteiger partial charge on any atom is -0.103 e. The maximum Gasteiger partial charge on any atom is 0.0207 e. The highest BCUT2D eigenvalue weighted by Crippen LogP contribution is 2.53. The van der Waals surface area contributed by atoms with Crippen molar-refractivity contribution in [3.8, 4) is 22.3 Å². The highest BCUT2D eigenvalue weighted by atomic mass is 79.9. The first-order valence-electron chi connectivity index (χ1n) is 11.7. The van der Waals surface area contributed by atoms with Gasteiger partial charge in [0.1, 0.15) is 0 Å². The van der Waals surface area contributed by atoms with Crippen LogP contribution in [0.5, 0.6) is 0 Å². The zero-order valence-electron chi connectivity index (χ0n) is 19.4. The van der Waals surface area contributed by atoms with Gasteiger partial charge in [-0.3, -0.25) is 0 Å². The molecule has 0 saturated heterocycles. The molecule has 0 saturated carbocycles. The van der Waals surface area contributed by atoms with Gasteiger partial charge in [0, 0.05) is 14.4 Å². The summed E-state index contributed by atoms with van der Waals surface area (Å²) in [5.41, 5.74) is 11.0. The number of hydrogen-bond acceptors (Lipinski definition) is 0. The van der Waals surface area contributed by atoms with E-state index in [-0.39, 0.29) is 5.41 Å². The molecule has 0 spiro atoms. The van der Waals surface area contributed by atoms with Gasteiger partial charge < -0.3 is 0 Å². The average molecular weight is 552 g/mol. The lowest BCUT2D eigenvalue weighted by Gasteiger charge is -2.28. The molecular weight excluding hydrogens is 520 g/mol. The van der Waals surface area contributed by atoms with Crippen molar-refractivity contribution in [1.82, 2.24) is 0 Å². The second-order valence-electron chi connectivity index (χ2n) is 9.44. The van der Waals surface area contributed by atoms with Gasteiger partial charge in [0.2, 0.25) is 0 Å². The minimum absolute atomic E-state index is 0.0429. The van der Waals surface area contributed by atoms with Crippen LogP contribution in [0.2, 0.25) is 0 Å².